The van der Waals surface area contributed by atoms with E-state index in [4.69, 9.17) is 4.84 Å². The van der Waals surface area contributed by atoms with Gasteiger partial charge in [0.05, 0.1) is 6.42 Å². The molecule has 0 N–H and O–H groups in total. The van der Waals surface area contributed by atoms with Crippen LogP contribution < -0.4 is 9.57 Å². The summed E-state index contributed by atoms with van der Waals surface area (Å²) in [4.78, 5) is 9.69. The summed E-state index contributed by atoms with van der Waals surface area (Å²) in [5.74, 6) is 1.04. The predicted molar refractivity (Wildman–Crippen MR) is 39.1 cm³/mol. The fraction of sp³-hybridized carbons (Fsp3) is 0.500. The molecule has 0 radical (unpaired) electrons. The van der Waals surface area contributed by atoms with Gasteiger partial charge in [0, 0.05) is 19.9 Å². The highest BCUT2D eigenvalue weighted by Crippen LogP contribution is 2.00. The van der Waals surface area contributed by atoms with Gasteiger partial charge in [-0.3, -0.25) is 0 Å². The molecule has 0 atom stereocenters. The Morgan fingerprint density at radius 2 is 2.36 bits per heavy atom. The molecule has 0 amide bonds. The Labute approximate surface area is 65.6 Å². The number of fused-ring (bicyclic) bond motifs is 1. The van der Waals surface area contributed by atoms with Crippen LogP contribution in [0.3, 0.4) is 0 Å². The molecule has 1 aromatic rings. The van der Waals surface area contributed by atoms with Crippen molar-refractivity contribution in [2.45, 2.75) is 20.3 Å². The van der Waals surface area contributed by atoms with Gasteiger partial charge in [0.2, 0.25) is 0 Å². The zero-order valence-corrected chi connectivity index (χ0v) is 6.79. The molecule has 0 aliphatic carbocycles. The number of nitrogens with zero attached hydrogens (tertiary/aromatic N) is 2. The standard InChI is InChI=1S/C8H11N2O/c1-6-5-7(2)10-8(9-6)3-4-11-10/h5H,3-4H2,1-2H3/q+1. The van der Waals surface area contributed by atoms with Gasteiger partial charge < -0.3 is 4.84 Å². The lowest BCUT2D eigenvalue weighted by atomic mass is 10.3. The topological polar surface area (TPSA) is 26.0 Å². The summed E-state index contributed by atoms with van der Waals surface area (Å²) >= 11 is 0. The highest BCUT2D eigenvalue weighted by molar-refractivity contribution is 5.02. The van der Waals surface area contributed by atoms with Crippen molar-refractivity contribution in [1.82, 2.24) is 4.98 Å². The van der Waals surface area contributed by atoms with Gasteiger partial charge >= 0.3 is 5.82 Å². The van der Waals surface area contributed by atoms with Gasteiger partial charge in [0.25, 0.3) is 0 Å². The zero-order chi connectivity index (χ0) is 7.84. The molecule has 2 rings (SSSR count). The lowest BCUT2D eigenvalue weighted by molar-refractivity contribution is -0.887. The van der Waals surface area contributed by atoms with Crippen molar-refractivity contribution >= 4 is 0 Å². The molecule has 3 nitrogen and oxygen atoms in total. The maximum absolute atomic E-state index is 5.34. The Bertz CT molecular complexity index is 296. The fourth-order valence-electron chi connectivity index (χ4n) is 1.41. The van der Waals surface area contributed by atoms with Crippen LogP contribution in [0.5, 0.6) is 0 Å². The molecular formula is C8H11N2O+. The third kappa shape index (κ3) is 0.964. The van der Waals surface area contributed by atoms with E-state index < -0.39 is 0 Å². The second-order valence-electron chi connectivity index (χ2n) is 2.83. The minimum absolute atomic E-state index is 0.761. The van der Waals surface area contributed by atoms with Crippen LogP contribution in [0.15, 0.2) is 6.07 Å². The van der Waals surface area contributed by atoms with Gasteiger partial charge in [-0.25, -0.2) is 0 Å². The summed E-state index contributed by atoms with van der Waals surface area (Å²) in [5.41, 5.74) is 2.20. The summed E-state index contributed by atoms with van der Waals surface area (Å²) in [7, 11) is 0. The van der Waals surface area contributed by atoms with Crippen LogP contribution in [0, 0.1) is 13.8 Å². The van der Waals surface area contributed by atoms with Crippen LogP contribution in [-0.4, -0.2) is 11.6 Å². The minimum Gasteiger partial charge on any atom is -0.335 e. The van der Waals surface area contributed by atoms with E-state index in [1.165, 1.54) is 0 Å². The number of aryl methyl sites for hydroxylation is 2. The van der Waals surface area contributed by atoms with Gasteiger partial charge in [-0.05, 0) is 9.71 Å². The maximum atomic E-state index is 5.34. The van der Waals surface area contributed by atoms with E-state index in [0.717, 1.165) is 30.2 Å². The van der Waals surface area contributed by atoms with E-state index in [1.807, 2.05) is 24.6 Å². The van der Waals surface area contributed by atoms with Crippen molar-refractivity contribution in [3.63, 3.8) is 0 Å². The number of aromatic nitrogens is 2. The third-order valence-corrected chi connectivity index (χ3v) is 1.82. The van der Waals surface area contributed by atoms with Crippen LogP contribution >= 0.6 is 0 Å². The summed E-state index contributed by atoms with van der Waals surface area (Å²) in [6, 6.07) is 2.02. The first-order chi connectivity index (χ1) is 5.27. The number of hydrogen-bond acceptors (Lipinski definition) is 2. The molecule has 1 aliphatic heterocycles. The van der Waals surface area contributed by atoms with Crippen LogP contribution in [-0.2, 0) is 6.42 Å². The second-order valence-corrected chi connectivity index (χ2v) is 2.83. The molecule has 0 fully saturated rings. The molecule has 3 heteroatoms. The largest absolute Gasteiger partial charge is 0.340 e. The van der Waals surface area contributed by atoms with Crippen molar-refractivity contribution in [3.8, 4) is 0 Å². The monoisotopic (exact) mass is 151 g/mol. The third-order valence-electron chi connectivity index (χ3n) is 1.82. The fourth-order valence-corrected chi connectivity index (χ4v) is 1.41. The average Bonchev–Trinajstić information content (AvgIpc) is 2.34. The van der Waals surface area contributed by atoms with Gasteiger partial charge in [-0.15, -0.1) is 0 Å². The van der Waals surface area contributed by atoms with Crippen molar-refractivity contribution < 1.29 is 9.57 Å². The van der Waals surface area contributed by atoms with E-state index in [-0.39, 0.29) is 0 Å². The molecule has 0 spiro atoms. The van der Waals surface area contributed by atoms with Gasteiger partial charge in [-0.2, -0.15) is 0 Å². The summed E-state index contributed by atoms with van der Waals surface area (Å²) < 4.78 is 1.81. The Morgan fingerprint density at radius 3 is 3.18 bits per heavy atom. The summed E-state index contributed by atoms with van der Waals surface area (Å²) in [6.45, 7) is 4.80. The molecule has 1 aromatic heterocycles. The number of rotatable bonds is 0. The van der Waals surface area contributed by atoms with Crippen molar-refractivity contribution in [3.05, 3.63) is 23.3 Å². The Kier molecular flexibility index (Phi) is 1.31. The van der Waals surface area contributed by atoms with Crippen LogP contribution in [0.25, 0.3) is 0 Å². The number of hydrogen-bond donors (Lipinski definition) is 0. The average molecular weight is 151 g/mol. The highest BCUT2D eigenvalue weighted by Gasteiger charge is 2.24. The van der Waals surface area contributed by atoms with E-state index in [0.29, 0.717) is 0 Å². The van der Waals surface area contributed by atoms with E-state index in [2.05, 4.69) is 4.98 Å². The molecule has 11 heavy (non-hydrogen) atoms. The Hall–Kier alpha value is -1.12. The van der Waals surface area contributed by atoms with E-state index in [1.54, 1.807) is 0 Å². The first kappa shape index (κ1) is 6.58. The SMILES string of the molecule is Cc1cc(C)[n+]2c(n1)CCO2. The molecule has 0 unspecified atom stereocenters. The summed E-state index contributed by atoms with van der Waals surface area (Å²) in [6.07, 6.45) is 0.933. The van der Waals surface area contributed by atoms with Gasteiger partial charge in [0.1, 0.15) is 0 Å². The molecule has 0 saturated carbocycles. The first-order valence-electron chi connectivity index (χ1n) is 3.80. The molecule has 0 aromatic carbocycles. The normalized spacial score (nSPS) is 14.4. The van der Waals surface area contributed by atoms with Crippen molar-refractivity contribution in [2.24, 2.45) is 0 Å². The quantitative estimate of drug-likeness (QED) is 0.487. The lowest BCUT2D eigenvalue weighted by Crippen LogP contribution is -2.44. The second kappa shape index (κ2) is 2.19. The Balaban J connectivity index is 2.60. The smallest absolute Gasteiger partial charge is 0.335 e. The maximum Gasteiger partial charge on any atom is 0.340 e. The van der Waals surface area contributed by atoms with Crippen molar-refractivity contribution in [1.29, 1.82) is 0 Å². The minimum atomic E-state index is 0.761. The predicted octanol–water partition coefficient (Wildman–Crippen LogP) is -0.0294. The van der Waals surface area contributed by atoms with Gasteiger partial charge in [0.15, 0.2) is 18.0 Å². The zero-order valence-electron chi connectivity index (χ0n) is 6.79. The van der Waals surface area contributed by atoms with E-state index in [9.17, 15) is 0 Å². The molecule has 2 heterocycles. The van der Waals surface area contributed by atoms with Crippen LogP contribution in [0.4, 0.5) is 0 Å². The summed E-state index contributed by atoms with van der Waals surface area (Å²) in [5, 5.41) is 0. The van der Waals surface area contributed by atoms with E-state index >= 15 is 0 Å². The molecule has 0 bridgehead atoms. The molecule has 0 saturated heterocycles. The highest BCUT2D eigenvalue weighted by atomic mass is 16.7. The van der Waals surface area contributed by atoms with Gasteiger partial charge in [-0.1, -0.05) is 0 Å². The van der Waals surface area contributed by atoms with Crippen molar-refractivity contribution in [2.75, 3.05) is 6.61 Å². The Morgan fingerprint density at radius 1 is 1.55 bits per heavy atom. The van der Waals surface area contributed by atoms with Crippen LogP contribution in [0.2, 0.25) is 0 Å². The first-order valence-corrected chi connectivity index (χ1v) is 3.80. The lowest BCUT2D eigenvalue weighted by Gasteiger charge is -1.96. The molecule has 58 valence electrons. The molecule has 1 aliphatic rings. The molecular weight excluding hydrogens is 140 g/mol. The van der Waals surface area contributed by atoms with Crippen LogP contribution in [0.1, 0.15) is 17.2 Å².